The molecule has 2 fully saturated rings. The molecule has 6 heteroatoms. The van der Waals surface area contributed by atoms with Crippen LogP contribution in [0.5, 0.6) is 0 Å². The second-order valence-electron chi connectivity index (χ2n) is 4.99. The number of hydrogen-bond acceptors (Lipinski definition) is 3. The molecule has 1 N–H and O–H groups in total. The first-order valence-electron chi connectivity index (χ1n) is 6.46. The van der Waals surface area contributed by atoms with Gasteiger partial charge >= 0.3 is 12.0 Å². The molecule has 0 radical (unpaired) electrons. The van der Waals surface area contributed by atoms with Crippen molar-refractivity contribution >= 4 is 23.8 Å². The predicted molar refractivity (Wildman–Crippen MR) is 70.9 cm³/mol. The lowest BCUT2D eigenvalue weighted by Crippen LogP contribution is -2.53. The van der Waals surface area contributed by atoms with Crippen LogP contribution in [0.15, 0.2) is 0 Å². The molecule has 0 bridgehead atoms. The van der Waals surface area contributed by atoms with E-state index in [0.29, 0.717) is 6.54 Å². The standard InChI is InChI=1S/C12H20N2O3S/c1-9-3-2-4-13(9)12(17)14-5-6-18-8-10(14)7-11(15)16/h9-10H,2-8H2,1H3,(H,15,16). The van der Waals surface area contributed by atoms with Gasteiger partial charge in [0.1, 0.15) is 0 Å². The monoisotopic (exact) mass is 272 g/mol. The molecule has 2 amide bonds. The molecule has 2 aliphatic rings. The molecule has 2 saturated heterocycles. The van der Waals surface area contributed by atoms with Crippen LogP contribution >= 0.6 is 11.8 Å². The lowest BCUT2D eigenvalue weighted by Gasteiger charge is -2.38. The Balaban J connectivity index is 2.03. The topological polar surface area (TPSA) is 60.9 Å². The molecule has 0 aromatic carbocycles. The number of urea groups is 1. The summed E-state index contributed by atoms with van der Waals surface area (Å²) in [6.45, 7) is 3.55. The summed E-state index contributed by atoms with van der Waals surface area (Å²) < 4.78 is 0. The van der Waals surface area contributed by atoms with Crippen LogP contribution in [0.2, 0.25) is 0 Å². The summed E-state index contributed by atoms with van der Waals surface area (Å²) in [5.74, 6) is 0.819. The van der Waals surface area contributed by atoms with Crippen LogP contribution in [0.3, 0.4) is 0 Å². The fourth-order valence-corrected chi connectivity index (χ4v) is 3.72. The molecule has 2 heterocycles. The van der Waals surface area contributed by atoms with Gasteiger partial charge in [0.25, 0.3) is 0 Å². The van der Waals surface area contributed by atoms with Crippen molar-refractivity contribution in [3.63, 3.8) is 0 Å². The first kappa shape index (κ1) is 13.5. The number of carbonyl (C=O) groups excluding carboxylic acids is 1. The molecule has 18 heavy (non-hydrogen) atoms. The van der Waals surface area contributed by atoms with Crippen LogP contribution in [-0.2, 0) is 4.79 Å². The molecular formula is C12H20N2O3S. The Morgan fingerprint density at radius 3 is 2.72 bits per heavy atom. The Hall–Kier alpha value is -0.910. The van der Waals surface area contributed by atoms with E-state index < -0.39 is 5.97 Å². The number of carbonyl (C=O) groups is 2. The molecule has 102 valence electrons. The van der Waals surface area contributed by atoms with Crippen LogP contribution in [0.25, 0.3) is 0 Å². The van der Waals surface area contributed by atoms with Crippen molar-refractivity contribution in [1.29, 1.82) is 0 Å². The number of amides is 2. The molecular weight excluding hydrogens is 252 g/mol. The third kappa shape index (κ3) is 2.91. The number of carboxylic acid groups (broad SMARTS) is 1. The van der Waals surface area contributed by atoms with E-state index >= 15 is 0 Å². The maximum absolute atomic E-state index is 12.5. The molecule has 2 atom stereocenters. The molecule has 0 aromatic heterocycles. The SMILES string of the molecule is CC1CCCN1C(=O)N1CCSCC1CC(=O)O. The molecule has 0 saturated carbocycles. The number of nitrogens with zero attached hydrogens (tertiary/aromatic N) is 2. The van der Waals surface area contributed by atoms with Crippen LogP contribution in [0.4, 0.5) is 4.79 Å². The van der Waals surface area contributed by atoms with E-state index in [9.17, 15) is 9.59 Å². The molecule has 0 spiro atoms. The maximum Gasteiger partial charge on any atom is 0.320 e. The summed E-state index contributed by atoms with van der Waals surface area (Å²) in [5, 5.41) is 8.92. The fraction of sp³-hybridized carbons (Fsp3) is 0.833. The summed E-state index contributed by atoms with van der Waals surface area (Å²) in [6.07, 6.45) is 2.16. The first-order chi connectivity index (χ1) is 8.59. The van der Waals surface area contributed by atoms with Crippen LogP contribution in [-0.4, -0.2) is 63.6 Å². The van der Waals surface area contributed by atoms with Gasteiger partial charge in [0.2, 0.25) is 0 Å². The quantitative estimate of drug-likeness (QED) is 0.827. The first-order valence-corrected chi connectivity index (χ1v) is 7.62. The number of rotatable bonds is 2. The Labute approximate surface area is 112 Å². The van der Waals surface area contributed by atoms with Gasteiger partial charge in [0.05, 0.1) is 12.5 Å². The summed E-state index contributed by atoms with van der Waals surface area (Å²) in [7, 11) is 0. The molecule has 0 aromatic rings. The fourth-order valence-electron chi connectivity index (χ4n) is 2.66. The molecule has 2 aliphatic heterocycles. The summed E-state index contributed by atoms with van der Waals surface area (Å²) in [4.78, 5) is 27.0. The van der Waals surface area contributed by atoms with E-state index in [1.165, 1.54) is 0 Å². The van der Waals surface area contributed by atoms with E-state index in [2.05, 4.69) is 6.92 Å². The maximum atomic E-state index is 12.5. The van der Waals surface area contributed by atoms with Gasteiger partial charge in [-0.1, -0.05) is 0 Å². The van der Waals surface area contributed by atoms with E-state index in [0.717, 1.165) is 30.9 Å². The van der Waals surface area contributed by atoms with Crippen molar-refractivity contribution in [3.8, 4) is 0 Å². The van der Waals surface area contributed by atoms with Crippen LogP contribution in [0.1, 0.15) is 26.2 Å². The van der Waals surface area contributed by atoms with Gasteiger partial charge < -0.3 is 14.9 Å². The van der Waals surface area contributed by atoms with E-state index in [1.807, 2.05) is 4.90 Å². The molecule has 2 rings (SSSR count). The Morgan fingerprint density at radius 1 is 1.33 bits per heavy atom. The predicted octanol–water partition coefficient (Wildman–Crippen LogP) is 1.48. The van der Waals surface area contributed by atoms with Gasteiger partial charge in [-0.25, -0.2) is 4.79 Å². The zero-order chi connectivity index (χ0) is 13.1. The van der Waals surface area contributed by atoms with E-state index in [-0.39, 0.29) is 24.5 Å². The summed E-state index contributed by atoms with van der Waals surface area (Å²) in [6, 6.07) is 0.172. The highest BCUT2D eigenvalue weighted by Crippen LogP contribution is 2.24. The van der Waals surface area contributed by atoms with Crippen molar-refractivity contribution in [1.82, 2.24) is 9.80 Å². The van der Waals surface area contributed by atoms with Gasteiger partial charge in [-0.2, -0.15) is 11.8 Å². The van der Waals surface area contributed by atoms with Crippen molar-refractivity contribution in [2.75, 3.05) is 24.6 Å². The van der Waals surface area contributed by atoms with Gasteiger partial charge in [0.15, 0.2) is 0 Å². The van der Waals surface area contributed by atoms with E-state index in [4.69, 9.17) is 5.11 Å². The normalized spacial score (nSPS) is 28.5. The minimum atomic E-state index is -0.824. The van der Waals surface area contributed by atoms with Crippen LogP contribution in [0, 0.1) is 0 Å². The number of hydrogen-bond donors (Lipinski definition) is 1. The van der Waals surface area contributed by atoms with Crippen molar-refractivity contribution in [3.05, 3.63) is 0 Å². The van der Waals surface area contributed by atoms with Crippen LogP contribution < -0.4 is 0 Å². The van der Waals surface area contributed by atoms with Crippen molar-refractivity contribution in [2.24, 2.45) is 0 Å². The lowest BCUT2D eigenvalue weighted by atomic mass is 10.2. The Kier molecular flexibility index (Phi) is 4.37. The summed E-state index contributed by atoms with van der Waals surface area (Å²) >= 11 is 1.73. The minimum Gasteiger partial charge on any atom is -0.481 e. The van der Waals surface area contributed by atoms with Gasteiger partial charge in [-0.05, 0) is 19.8 Å². The van der Waals surface area contributed by atoms with Gasteiger partial charge in [-0.15, -0.1) is 0 Å². The van der Waals surface area contributed by atoms with Gasteiger partial charge in [-0.3, -0.25) is 4.79 Å². The average molecular weight is 272 g/mol. The lowest BCUT2D eigenvalue weighted by molar-refractivity contribution is -0.138. The second-order valence-corrected chi connectivity index (χ2v) is 6.14. The number of aliphatic carboxylic acids is 1. The Morgan fingerprint density at radius 2 is 2.11 bits per heavy atom. The summed E-state index contributed by atoms with van der Waals surface area (Å²) in [5.41, 5.74) is 0. The highest BCUT2D eigenvalue weighted by atomic mass is 32.2. The van der Waals surface area contributed by atoms with Crippen molar-refractivity contribution < 1.29 is 14.7 Å². The third-order valence-corrected chi connectivity index (χ3v) is 4.77. The third-order valence-electron chi connectivity index (χ3n) is 3.68. The minimum absolute atomic E-state index is 0.0338. The zero-order valence-corrected chi connectivity index (χ0v) is 11.5. The second kappa shape index (κ2) is 5.82. The molecule has 5 nitrogen and oxygen atoms in total. The van der Waals surface area contributed by atoms with Gasteiger partial charge in [0, 0.05) is 30.6 Å². The van der Waals surface area contributed by atoms with Crippen molar-refractivity contribution in [2.45, 2.75) is 38.3 Å². The highest BCUT2D eigenvalue weighted by molar-refractivity contribution is 7.99. The van der Waals surface area contributed by atoms with E-state index in [1.54, 1.807) is 16.7 Å². The highest BCUT2D eigenvalue weighted by Gasteiger charge is 2.34. The molecule has 0 aliphatic carbocycles. The number of carboxylic acids is 1. The number of likely N-dealkylation sites (tertiary alicyclic amines) is 1. The Bertz CT molecular complexity index is 337. The largest absolute Gasteiger partial charge is 0.481 e. The smallest absolute Gasteiger partial charge is 0.320 e. The average Bonchev–Trinajstić information content (AvgIpc) is 2.74. The number of thioether (sulfide) groups is 1. The molecule has 2 unspecified atom stereocenters. The zero-order valence-electron chi connectivity index (χ0n) is 10.7.